The van der Waals surface area contributed by atoms with E-state index < -0.39 is 17.0 Å². The van der Waals surface area contributed by atoms with E-state index in [0.29, 0.717) is 11.4 Å². The third-order valence-electron chi connectivity index (χ3n) is 2.72. The van der Waals surface area contributed by atoms with Crippen molar-refractivity contribution in [1.82, 2.24) is 9.13 Å². The first kappa shape index (κ1) is 13.6. The van der Waals surface area contributed by atoms with Crippen molar-refractivity contribution in [1.29, 1.82) is 0 Å². The van der Waals surface area contributed by atoms with Crippen molar-refractivity contribution in [3.05, 3.63) is 57.4 Å². The van der Waals surface area contributed by atoms with Gasteiger partial charge in [-0.25, -0.2) is 0 Å². The van der Waals surface area contributed by atoms with Gasteiger partial charge in [0, 0.05) is 30.8 Å². The molecule has 7 nitrogen and oxygen atoms in total. The van der Waals surface area contributed by atoms with E-state index in [1.165, 1.54) is 19.4 Å². The van der Waals surface area contributed by atoms with Crippen molar-refractivity contribution >= 4 is 17.3 Å². The first-order valence-corrected chi connectivity index (χ1v) is 5.89. The largest absolute Gasteiger partial charge is 0.399 e. The molecule has 20 heavy (non-hydrogen) atoms. The summed E-state index contributed by atoms with van der Waals surface area (Å²) >= 11 is 0. The van der Waals surface area contributed by atoms with Gasteiger partial charge in [0.2, 0.25) is 5.91 Å². The molecule has 0 saturated heterocycles. The first-order valence-electron chi connectivity index (χ1n) is 5.89. The molecule has 0 aliphatic rings. The van der Waals surface area contributed by atoms with E-state index in [9.17, 15) is 14.4 Å². The van der Waals surface area contributed by atoms with E-state index in [4.69, 9.17) is 5.73 Å². The maximum atomic E-state index is 11.8. The third-order valence-corrected chi connectivity index (χ3v) is 2.72. The Labute approximate surface area is 114 Å². The SMILES string of the molecule is Cn1ccn(CC(=O)Nc2cccc(N)c2)c(=O)c1=O. The number of carbonyl (C=O) groups excluding carboxylic acids is 1. The summed E-state index contributed by atoms with van der Waals surface area (Å²) < 4.78 is 2.22. The number of aromatic nitrogens is 2. The minimum atomic E-state index is -0.738. The van der Waals surface area contributed by atoms with Crippen molar-refractivity contribution in [3.63, 3.8) is 0 Å². The molecule has 1 aromatic heterocycles. The summed E-state index contributed by atoms with van der Waals surface area (Å²) in [6.07, 6.45) is 2.82. The van der Waals surface area contributed by atoms with Gasteiger partial charge < -0.3 is 15.6 Å². The molecule has 1 amide bonds. The molecule has 0 saturated carbocycles. The minimum absolute atomic E-state index is 0.232. The summed E-state index contributed by atoms with van der Waals surface area (Å²) in [6.45, 7) is -0.232. The molecule has 2 aromatic rings. The van der Waals surface area contributed by atoms with Gasteiger partial charge in [0.1, 0.15) is 6.54 Å². The quantitative estimate of drug-likeness (QED) is 0.596. The van der Waals surface area contributed by atoms with Crippen LogP contribution in [0.1, 0.15) is 0 Å². The summed E-state index contributed by atoms with van der Waals surface area (Å²) in [5.74, 6) is -0.411. The Kier molecular flexibility index (Phi) is 3.69. The average Bonchev–Trinajstić information content (AvgIpc) is 2.39. The van der Waals surface area contributed by atoms with Crippen LogP contribution < -0.4 is 22.2 Å². The topological polar surface area (TPSA) is 99.1 Å². The summed E-state index contributed by atoms with van der Waals surface area (Å²) in [5.41, 5.74) is 5.24. The van der Waals surface area contributed by atoms with Crippen molar-refractivity contribution in [2.45, 2.75) is 6.54 Å². The van der Waals surface area contributed by atoms with Gasteiger partial charge >= 0.3 is 11.1 Å². The number of nitrogens with zero attached hydrogens (tertiary/aromatic N) is 2. The number of nitrogen functional groups attached to an aromatic ring is 1. The lowest BCUT2D eigenvalue weighted by Crippen LogP contribution is -2.41. The van der Waals surface area contributed by atoms with E-state index >= 15 is 0 Å². The Bertz CT molecular complexity index is 761. The van der Waals surface area contributed by atoms with Crippen LogP contribution >= 0.6 is 0 Å². The van der Waals surface area contributed by atoms with Gasteiger partial charge in [0.25, 0.3) is 0 Å². The van der Waals surface area contributed by atoms with E-state index in [-0.39, 0.29) is 6.54 Å². The number of carbonyl (C=O) groups is 1. The van der Waals surface area contributed by atoms with E-state index in [2.05, 4.69) is 5.32 Å². The Morgan fingerprint density at radius 1 is 1.25 bits per heavy atom. The Hall–Kier alpha value is -2.83. The normalized spacial score (nSPS) is 10.2. The van der Waals surface area contributed by atoms with Crippen LogP contribution in [0.25, 0.3) is 0 Å². The molecule has 0 aliphatic carbocycles. The van der Waals surface area contributed by atoms with Crippen molar-refractivity contribution in [2.24, 2.45) is 7.05 Å². The van der Waals surface area contributed by atoms with Crippen molar-refractivity contribution in [2.75, 3.05) is 11.1 Å². The lowest BCUT2D eigenvalue weighted by atomic mass is 10.3. The minimum Gasteiger partial charge on any atom is -0.399 e. The van der Waals surface area contributed by atoms with Gasteiger partial charge in [-0.05, 0) is 18.2 Å². The molecule has 104 valence electrons. The third kappa shape index (κ3) is 2.94. The highest BCUT2D eigenvalue weighted by molar-refractivity contribution is 5.90. The molecular weight excluding hydrogens is 260 g/mol. The number of nitrogens with one attached hydrogen (secondary N) is 1. The van der Waals surface area contributed by atoms with Gasteiger partial charge in [-0.15, -0.1) is 0 Å². The number of amides is 1. The van der Waals surface area contributed by atoms with E-state index in [0.717, 1.165) is 9.13 Å². The predicted octanol–water partition coefficient (Wildman–Crippen LogP) is -0.232. The Balaban J connectivity index is 2.15. The van der Waals surface area contributed by atoms with Gasteiger partial charge in [-0.1, -0.05) is 6.07 Å². The van der Waals surface area contributed by atoms with E-state index in [1.807, 2.05) is 0 Å². The monoisotopic (exact) mass is 274 g/mol. The number of anilines is 2. The molecule has 7 heteroatoms. The highest BCUT2D eigenvalue weighted by Crippen LogP contribution is 2.11. The number of rotatable bonds is 3. The Morgan fingerprint density at radius 3 is 2.70 bits per heavy atom. The van der Waals surface area contributed by atoms with Gasteiger partial charge in [-0.2, -0.15) is 0 Å². The van der Waals surface area contributed by atoms with Crippen LogP contribution in [0.15, 0.2) is 46.2 Å². The molecule has 0 atom stereocenters. The molecule has 3 N–H and O–H groups in total. The average molecular weight is 274 g/mol. The molecule has 0 bridgehead atoms. The number of hydrogen-bond acceptors (Lipinski definition) is 4. The molecule has 2 rings (SSSR count). The summed E-state index contributed by atoms with van der Waals surface area (Å²) in [6, 6.07) is 6.68. The van der Waals surface area contributed by atoms with Crippen LogP contribution in [-0.2, 0) is 18.4 Å². The van der Waals surface area contributed by atoms with Crippen LogP contribution in [0.3, 0.4) is 0 Å². The zero-order valence-electron chi connectivity index (χ0n) is 10.9. The smallest absolute Gasteiger partial charge is 0.316 e. The van der Waals surface area contributed by atoms with Gasteiger partial charge in [0.05, 0.1) is 0 Å². The number of hydrogen-bond donors (Lipinski definition) is 2. The summed E-state index contributed by atoms with van der Waals surface area (Å²) in [4.78, 5) is 34.9. The molecule has 0 aliphatic heterocycles. The summed E-state index contributed by atoms with van der Waals surface area (Å²) in [7, 11) is 1.47. The molecule has 0 unspecified atom stereocenters. The van der Waals surface area contributed by atoms with Crippen LogP contribution in [0, 0.1) is 0 Å². The molecule has 0 radical (unpaired) electrons. The fourth-order valence-corrected chi connectivity index (χ4v) is 1.69. The van der Waals surface area contributed by atoms with Gasteiger partial charge in [0.15, 0.2) is 0 Å². The highest BCUT2D eigenvalue weighted by Gasteiger charge is 2.07. The number of nitrogens with two attached hydrogens (primary N) is 1. The van der Waals surface area contributed by atoms with Crippen LogP contribution in [0.2, 0.25) is 0 Å². The fraction of sp³-hybridized carbons (Fsp3) is 0.154. The maximum Gasteiger partial charge on any atom is 0.316 e. The highest BCUT2D eigenvalue weighted by atomic mass is 16.2. The standard InChI is InChI=1S/C13H14N4O3/c1-16-5-6-17(13(20)12(16)19)8-11(18)15-10-4-2-3-9(14)7-10/h2-7H,8,14H2,1H3,(H,15,18). The van der Waals surface area contributed by atoms with Crippen molar-refractivity contribution in [3.8, 4) is 0 Å². The molecule has 0 spiro atoms. The molecule has 1 heterocycles. The number of aryl methyl sites for hydroxylation is 1. The lowest BCUT2D eigenvalue weighted by molar-refractivity contribution is -0.116. The van der Waals surface area contributed by atoms with Crippen LogP contribution in [0.4, 0.5) is 11.4 Å². The fourth-order valence-electron chi connectivity index (χ4n) is 1.69. The number of benzene rings is 1. The lowest BCUT2D eigenvalue weighted by Gasteiger charge is -2.08. The molecular formula is C13H14N4O3. The molecule has 0 fully saturated rings. The second-order valence-electron chi connectivity index (χ2n) is 4.32. The zero-order chi connectivity index (χ0) is 14.7. The maximum absolute atomic E-state index is 11.8. The predicted molar refractivity (Wildman–Crippen MR) is 75.4 cm³/mol. The van der Waals surface area contributed by atoms with Crippen LogP contribution in [-0.4, -0.2) is 15.0 Å². The van der Waals surface area contributed by atoms with Gasteiger partial charge in [-0.3, -0.25) is 19.0 Å². The second-order valence-corrected chi connectivity index (χ2v) is 4.32. The molecule has 1 aromatic carbocycles. The first-order chi connectivity index (χ1) is 9.47. The summed E-state index contributed by atoms with van der Waals surface area (Å²) in [5, 5.41) is 2.61. The van der Waals surface area contributed by atoms with Crippen LogP contribution in [0.5, 0.6) is 0 Å². The zero-order valence-corrected chi connectivity index (χ0v) is 10.9. The Morgan fingerprint density at radius 2 is 2.00 bits per heavy atom. The second kappa shape index (κ2) is 5.43. The van der Waals surface area contributed by atoms with E-state index in [1.54, 1.807) is 24.3 Å². The van der Waals surface area contributed by atoms with Crippen molar-refractivity contribution < 1.29 is 4.79 Å².